The Morgan fingerprint density at radius 3 is 2.64 bits per heavy atom. The molecule has 0 radical (unpaired) electrons. The molecule has 9 heteroatoms. The molecule has 4 rings (SSSR count). The van der Waals surface area contributed by atoms with Gasteiger partial charge in [0, 0.05) is 39.3 Å². The van der Waals surface area contributed by atoms with Crippen LogP contribution in [0.15, 0.2) is 24.4 Å². The summed E-state index contributed by atoms with van der Waals surface area (Å²) in [5.41, 5.74) is 1.60. The number of fused-ring (bicyclic) bond motifs is 2. The van der Waals surface area contributed by atoms with Crippen LogP contribution in [0.4, 0.5) is 22.9 Å². The van der Waals surface area contributed by atoms with Crippen molar-refractivity contribution in [1.29, 1.82) is 0 Å². The zero-order valence-electron chi connectivity index (χ0n) is 14.0. The number of piperazine rings is 1. The van der Waals surface area contributed by atoms with E-state index in [1.165, 1.54) is 12.1 Å². The fourth-order valence-electron chi connectivity index (χ4n) is 3.19. The Hall–Kier alpha value is -2.94. The van der Waals surface area contributed by atoms with E-state index in [-0.39, 0.29) is 5.69 Å². The predicted molar refractivity (Wildman–Crippen MR) is 93.0 cm³/mol. The lowest BCUT2D eigenvalue weighted by molar-refractivity contribution is -0.384. The van der Waals surface area contributed by atoms with Gasteiger partial charge in [0.1, 0.15) is 5.69 Å². The van der Waals surface area contributed by atoms with Crippen LogP contribution in [0.2, 0.25) is 0 Å². The highest BCUT2D eigenvalue weighted by molar-refractivity contribution is 5.85. The van der Waals surface area contributed by atoms with Gasteiger partial charge in [-0.05, 0) is 13.1 Å². The van der Waals surface area contributed by atoms with Crippen LogP contribution < -0.4 is 14.5 Å². The molecule has 0 aliphatic carbocycles. The molecule has 0 atom stereocenters. The van der Waals surface area contributed by atoms with E-state index in [0.29, 0.717) is 11.5 Å². The summed E-state index contributed by atoms with van der Waals surface area (Å²) < 4.78 is 5.91. The average molecular weight is 342 g/mol. The van der Waals surface area contributed by atoms with Crippen molar-refractivity contribution in [2.45, 2.75) is 0 Å². The third-order valence-corrected chi connectivity index (χ3v) is 4.65. The molecule has 0 amide bonds. The third-order valence-electron chi connectivity index (χ3n) is 4.65. The molecular formula is C16H18N6O3. The zero-order valence-corrected chi connectivity index (χ0v) is 14.0. The molecule has 25 heavy (non-hydrogen) atoms. The lowest BCUT2D eigenvalue weighted by Crippen LogP contribution is -2.45. The summed E-state index contributed by atoms with van der Waals surface area (Å²) in [5, 5.41) is 19.4. The molecule has 130 valence electrons. The number of hydrogen-bond donors (Lipinski definition) is 0. The number of nitro groups is 1. The van der Waals surface area contributed by atoms with Crippen LogP contribution in [0.3, 0.4) is 0 Å². The highest BCUT2D eigenvalue weighted by Gasteiger charge is 2.30. The summed E-state index contributed by atoms with van der Waals surface area (Å²) >= 11 is 0. The second-order valence-corrected chi connectivity index (χ2v) is 6.24. The van der Waals surface area contributed by atoms with Crippen LogP contribution in [-0.2, 0) is 0 Å². The number of aromatic nitrogens is 2. The minimum absolute atomic E-state index is 0.00286. The highest BCUT2D eigenvalue weighted by Crippen LogP contribution is 2.49. The minimum atomic E-state index is -0.431. The van der Waals surface area contributed by atoms with Crippen molar-refractivity contribution in [3.8, 4) is 11.5 Å². The molecule has 0 bridgehead atoms. The van der Waals surface area contributed by atoms with Crippen molar-refractivity contribution in [3.05, 3.63) is 34.5 Å². The van der Waals surface area contributed by atoms with E-state index in [9.17, 15) is 10.1 Å². The van der Waals surface area contributed by atoms with Crippen LogP contribution in [0, 0.1) is 10.1 Å². The summed E-state index contributed by atoms with van der Waals surface area (Å²) in [6.45, 7) is 3.64. The first kappa shape index (κ1) is 15.6. The third kappa shape index (κ3) is 2.62. The fourth-order valence-corrected chi connectivity index (χ4v) is 3.19. The second-order valence-electron chi connectivity index (χ2n) is 6.24. The smallest absolute Gasteiger partial charge is 0.273 e. The van der Waals surface area contributed by atoms with Crippen LogP contribution in [0.25, 0.3) is 0 Å². The monoisotopic (exact) mass is 342 g/mol. The lowest BCUT2D eigenvalue weighted by atomic mass is 10.2. The quantitative estimate of drug-likeness (QED) is 0.605. The topological polar surface area (TPSA) is 87.9 Å². The van der Waals surface area contributed by atoms with Crippen molar-refractivity contribution < 1.29 is 9.66 Å². The van der Waals surface area contributed by atoms with Crippen LogP contribution in [0.1, 0.15) is 0 Å². The van der Waals surface area contributed by atoms with Crippen molar-refractivity contribution in [3.63, 3.8) is 0 Å². The first-order valence-corrected chi connectivity index (χ1v) is 8.04. The Labute approximate surface area is 144 Å². The maximum absolute atomic E-state index is 11.0. The van der Waals surface area contributed by atoms with Gasteiger partial charge in [0.2, 0.25) is 0 Å². The first-order chi connectivity index (χ1) is 12.0. The van der Waals surface area contributed by atoms with Gasteiger partial charge in [-0.2, -0.15) is 5.10 Å². The summed E-state index contributed by atoms with van der Waals surface area (Å²) in [6, 6.07) is 4.61. The molecule has 9 nitrogen and oxygen atoms in total. The Kier molecular flexibility index (Phi) is 3.65. The van der Waals surface area contributed by atoms with E-state index in [1.807, 2.05) is 11.9 Å². The molecule has 0 N–H and O–H groups in total. The van der Waals surface area contributed by atoms with Gasteiger partial charge >= 0.3 is 0 Å². The standard InChI is InChI=1S/C16H18N6O3/c1-19-5-7-21(8-6-19)16-15-14(10-17-18-16)25-13-9-11(22(23)24)3-4-12(13)20(15)2/h3-4,9-10H,5-8H2,1-2H3. The van der Waals surface area contributed by atoms with Crippen LogP contribution in [0.5, 0.6) is 11.5 Å². The predicted octanol–water partition coefficient (Wildman–Crippen LogP) is 2.01. The van der Waals surface area contributed by atoms with E-state index in [1.54, 1.807) is 12.3 Å². The summed E-state index contributed by atoms with van der Waals surface area (Å²) in [6.07, 6.45) is 1.55. The summed E-state index contributed by atoms with van der Waals surface area (Å²) in [7, 11) is 4.01. The minimum Gasteiger partial charge on any atom is -0.451 e. The number of rotatable bonds is 2. The van der Waals surface area contributed by atoms with Crippen LogP contribution >= 0.6 is 0 Å². The maximum Gasteiger partial charge on any atom is 0.273 e. The Balaban J connectivity index is 1.74. The number of non-ortho nitro benzene ring substituents is 1. The van der Waals surface area contributed by atoms with E-state index < -0.39 is 4.92 Å². The second kappa shape index (κ2) is 5.85. The molecule has 1 saturated heterocycles. The molecular weight excluding hydrogens is 324 g/mol. The van der Waals surface area contributed by atoms with Gasteiger partial charge in [-0.25, -0.2) is 0 Å². The number of nitro benzene ring substituents is 1. The lowest BCUT2D eigenvalue weighted by Gasteiger charge is -2.37. The van der Waals surface area contributed by atoms with Gasteiger partial charge in [-0.15, -0.1) is 5.10 Å². The van der Waals surface area contributed by atoms with Crippen molar-refractivity contribution in [2.24, 2.45) is 0 Å². The molecule has 1 fully saturated rings. The largest absolute Gasteiger partial charge is 0.451 e. The van der Waals surface area contributed by atoms with Gasteiger partial charge in [-0.3, -0.25) is 10.1 Å². The Morgan fingerprint density at radius 2 is 1.92 bits per heavy atom. The summed E-state index contributed by atoms with van der Waals surface area (Å²) in [4.78, 5) is 17.0. The Bertz CT molecular complexity index is 835. The normalized spacial score (nSPS) is 16.9. The molecule has 0 spiro atoms. The zero-order chi connectivity index (χ0) is 17.6. The molecule has 2 aromatic rings. The van der Waals surface area contributed by atoms with E-state index in [2.05, 4.69) is 27.0 Å². The van der Waals surface area contributed by atoms with Gasteiger partial charge in [0.05, 0.1) is 22.9 Å². The number of hydrogen-bond acceptors (Lipinski definition) is 8. The molecule has 2 aliphatic rings. The SMILES string of the molecule is CN1CCN(c2nncc3c2N(C)c2ccc([N+](=O)[O-])cc2O3)CC1. The van der Waals surface area contributed by atoms with Crippen LogP contribution in [-0.4, -0.2) is 60.3 Å². The number of ether oxygens (including phenoxy) is 1. The Morgan fingerprint density at radius 1 is 1.16 bits per heavy atom. The molecule has 0 unspecified atom stereocenters. The molecule has 1 aromatic heterocycles. The highest BCUT2D eigenvalue weighted by atomic mass is 16.6. The van der Waals surface area contributed by atoms with Gasteiger partial charge in [0.15, 0.2) is 17.3 Å². The van der Waals surface area contributed by atoms with Gasteiger partial charge in [0.25, 0.3) is 5.69 Å². The maximum atomic E-state index is 11.0. The van der Waals surface area contributed by atoms with Crippen molar-refractivity contribution in [2.75, 3.05) is 50.1 Å². The van der Waals surface area contributed by atoms with Crippen molar-refractivity contribution >= 4 is 22.9 Å². The number of likely N-dealkylation sites (N-methyl/N-ethyl adjacent to an activating group) is 1. The fraction of sp³-hybridized carbons (Fsp3) is 0.375. The van der Waals surface area contributed by atoms with E-state index in [4.69, 9.17) is 4.74 Å². The number of nitrogens with zero attached hydrogens (tertiary/aromatic N) is 6. The van der Waals surface area contributed by atoms with Gasteiger partial charge < -0.3 is 19.4 Å². The van der Waals surface area contributed by atoms with Crippen molar-refractivity contribution in [1.82, 2.24) is 15.1 Å². The number of anilines is 3. The van der Waals surface area contributed by atoms with E-state index >= 15 is 0 Å². The van der Waals surface area contributed by atoms with E-state index in [0.717, 1.165) is 43.4 Å². The number of benzene rings is 1. The molecule has 3 heterocycles. The average Bonchev–Trinajstić information content (AvgIpc) is 2.61. The summed E-state index contributed by atoms with van der Waals surface area (Å²) in [5.74, 6) is 1.78. The van der Waals surface area contributed by atoms with Gasteiger partial charge in [-0.1, -0.05) is 0 Å². The molecule has 2 aliphatic heterocycles. The first-order valence-electron chi connectivity index (χ1n) is 8.04. The molecule has 0 saturated carbocycles. The molecule has 1 aromatic carbocycles.